The molecule has 2 rings (SSSR count). The van der Waals surface area contributed by atoms with Crippen molar-refractivity contribution in [3.05, 3.63) is 28.0 Å². The summed E-state index contributed by atoms with van der Waals surface area (Å²) in [6.07, 6.45) is 5.33. The fraction of sp³-hybridized carbons (Fsp3) is 0.667. The highest BCUT2D eigenvalue weighted by Crippen LogP contribution is 2.27. The smallest absolute Gasteiger partial charge is 0.135 e. The monoisotopic (exact) mass is 300 g/mol. The van der Waals surface area contributed by atoms with Gasteiger partial charge in [-0.05, 0) is 24.8 Å². The van der Waals surface area contributed by atoms with Gasteiger partial charge in [-0.3, -0.25) is 4.90 Å². The molecule has 0 saturated heterocycles. The molecule has 1 aliphatic carbocycles. The van der Waals surface area contributed by atoms with Crippen LogP contribution in [-0.4, -0.2) is 22.5 Å². The van der Waals surface area contributed by atoms with Crippen molar-refractivity contribution in [1.82, 2.24) is 9.88 Å². The van der Waals surface area contributed by atoms with E-state index in [-0.39, 0.29) is 0 Å². The lowest BCUT2D eigenvalue weighted by Crippen LogP contribution is -2.35. The van der Waals surface area contributed by atoms with Crippen LogP contribution in [0.3, 0.4) is 0 Å². The molecule has 1 fully saturated rings. The molecule has 0 radical (unpaired) electrons. The van der Waals surface area contributed by atoms with Crippen molar-refractivity contribution in [1.29, 1.82) is 0 Å². The largest absolute Gasteiger partial charge is 0.296 e. The van der Waals surface area contributed by atoms with Gasteiger partial charge >= 0.3 is 0 Å². The number of pyridine rings is 1. The van der Waals surface area contributed by atoms with Gasteiger partial charge in [0, 0.05) is 24.7 Å². The first kappa shape index (κ1) is 15.1. The second-order valence-electron chi connectivity index (χ2n) is 5.85. The van der Waals surface area contributed by atoms with E-state index in [4.69, 9.17) is 23.2 Å². The molecule has 0 bridgehead atoms. The molecule has 0 atom stereocenters. The van der Waals surface area contributed by atoms with Crippen molar-refractivity contribution >= 4 is 23.2 Å². The van der Waals surface area contributed by atoms with Crippen molar-refractivity contribution in [2.24, 2.45) is 5.92 Å². The predicted molar refractivity (Wildman–Crippen MR) is 81.8 cm³/mol. The molecule has 1 aromatic heterocycles. The first-order chi connectivity index (χ1) is 9.06. The molecule has 4 heteroatoms. The predicted octanol–water partition coefficient (Wildman–Crippen LogP) is 4.79. The normalized spacial score (nSPS) is 16.7. The zero-order valence-corrected chi connectivity index (χ0v) is 13.2. The zero-order valence-electron chi connectivity index (χ0n) is 11.7. The zero-order chi connectivity index (χ0) is 13.8. The van der Waals surface area contributed by atoms with Gasteiger partial charge in [0.25, 0.3) is 0 Å². The molecule has 0 unspecified atom stereocenters. The molecule has 106 valence electrons. The van der Waals surface area contributed by atoms with Crippen molar-refractivity contribution in [3.8, 4) is 0 Å². The van der Waals surface area contributed by atoms with Gasteiger partial charge in [-0.1, -0.05) is 56.0 Å². The summed E-state index contributed by atoms with van der Waals surface area (Å²) in [5, 5.41) is 1.00. The summed E-state index contributed by atoms with van der Waals surface area (Å²) in [4.78, 5) is 6.70. The minimum atomic E-state index is 0.463. The lowest BCUT2D eigenvalue weighted by atomic mass is 10.1. The van der Waals surface area contributed by atoms with Crippen LogP contribution in [0, 0.1) is 5.92 Å². The molecule has 1 aliphatic rings. The molecule has 0 aliphatic heterocycles. The molecule has 0 amide bonds. The molecule has 1 heterocycles. The Balaban J connectivity index is 2.09. The quantitative estimate of drug-likeness (QED) is 0.727. The van der Waals surface area contributed by atoms with E-state index in [9.17, 15) is 0 Å². The van der Waals surface area contributed by atoms with E-state index in [1.807, 2.05) is 12.1 Å². The fourth-order valence-corrected chi connectivity index (χ4v) is 3.26. The van der Waals surface area contributed by atoms with Gasteiger partial charge in [0.05, 0.1) is 0 Å². The molecule has 1 aromatic rings. The van der Waals surface area contributed by atoms with Gasteiger partial charge in [0.2, 0.25) is 0 Å². The topological polar surface area (TPSA) is 16.1 Å². The maximum Gasteiger partial charge on any atom is 0.135 e. The second-order valence-corrected chi connectivity index (χ2v) is 6.59. The average Bonchev–Trinajstić information content (AvgIpc) is 2.84. The second kappa shape index (κ2) is 6.92. The fourth-order valence-electron chi connectivity index (χ4n) is 2.86. The highest BCUT2D eigenvalue weighted by atomic mass is 35.5. The van der Waals surface area contributed by atoms with Gasteiger partial charge in [0.1, 0.15) is 10.3 Å². The van der Waals surface area contributed by atoms with E-state index in [0.29, 0.717) is 22.3 Å². The molecular formula is C15H22Cl2N2. The van der Waals surface area contributed by atoms with E-state index in [1.54, 1.807) is 0 Å². The van der Waals surface area contributed by atoms with Crippen molar-refractivity contribution in [3.63, 3.8) is 0 Å². The summed E-state index contributed by atoms with van der Waals surface area (Å²) < 4.78 is 0. The third-order valence-corrected chi connectivity index (χ3v) is 4.24. The number of hydrogen-bond acceptors (Lipinski definition) is 2. The van der Waals surface area contributed by atoms with Crippen molar-refractivity contribution in [2.75, 3.05) is 6.54 Å². The maximum atomic E-state index is 6.19. The molecule has 2 nitrogen and oxygen atoms in total. The lowest BCUT2D eigenvalue weighted by Gasteiger charge is -2.30. The molecule has 0 aromatic carbocycles. The Kier molecular flexibility index (Phi) is 5.49. The van der Waals surface area contributed by atoms with Crippen LogP contribution in [0.1, 0.15) is 45.1 Å². The van der Waals surface area contributed by atoms with Crippen LogP contribution in [0.5, 0.6) is 0 Å². The first-order valence-electron chi connectivity index (χ1n) is 7.11. The first-order valence-corrected chi connectivity index (χ1v) is 7.87. The van der Waals surface area contributed by atoms with Crippen LogP contribution in [-0.2, 0) is 6.54 Å². The third-order valence-electron chi connectivity index (χ3n) is 3.71. The van der Waals surface area contributed by atoms with Crippen molar-refractivity contribution in [2.45, 2.75) is 52.1 Å². The maximum absolute atomic E-state index is 6.19. The van der Waals surface area contributed by atoms with Gasteiger partial charge in [-0.25, -0.2) is 4.98 Å². The SMILES string of the molecule is CC(C)CN(Cc1ccc(Cl)nc1Cl)C1CCCC1. The highest BCUT2D eigenvalue weighted by molar-refractivity contribution is 6.32. The van der Waals surface area contributed by atoms with Crippen LogP contribution in [0.15, 0.2) is 12.1 Å². The summed E-state index contributed by atoms with van der Waals surface area (Å²) >= 11 is 12.1. The van der Waals surface area contributed by atoms with Gasteiger partial charge in [-0.2, -0.15) is 0 Å². The number of rotatable bonds is 5. The summed E-state index contributed by atoms with van der Waals surface area (Å²) in [6.45, 7) is 6.53. The standard InChI is InChI=1S/C15H22Cl2N2/c1-11(2)9-19(13-5-3-4-6-13)10-12-7-8-14(16)18-15(12)17/h7-8,11,13H,3-6,9-10H2,1-2H3. The van der Waals surface area contributed by atoms with E-state index in [1.165, 1.54) is 25.7 Å². The van der Waals surface area contributed by atoms with Crippen LogP contribution >= 0.6 is 23.2 Å². The summed E-state index contributed by atoms with van der Waals surface area (Å²) in [7, 11) is 0. The Hall–Kier alpha value is -0.310. The number of aromatic nitrogens is 1. The Morgan fingerprint density at radius 1 is 1.26 bits per heavy atom. The number of hydrogen-bond donors (Lipinski definition) is 0. The van der Waals surface area contributed by atoms with E-state index >= 15 is 0 Å². The average molecular weight is 301 g/mol. The van der Waals surface area contributed by atoms with Crippen LogP contribution in [0.25, 0.3) is 0 Å². The van der Waals surface area contributed by atoms with Crippen LogP contribution in [0.2, 0.25) is 10.3 Å². The van der Waals surface area contributed by atoms with Gasteiger partial charge in [0.15, 0.2) is 0 Å². The minimum absolute atomic E-state index is 0.463. The number of nitrogens with zero attached hydrogens (tertiary/aromatic N) is 2. The van der Waals surface area contributed by atoms with E-state index < -0.39 is 0 Å². The van der Waals surface area contributed by atoms with Gasteiger partial charge in [-0.15, -0.1) is 0 Å². The summed E-state index contributed by atoms with van der Waals surface area (Å²) in [5.74, 6) is 0.666. The Labute approximate surface area is 126 Å². The molecule has 19 heavy (non-hydrogen) atoms. The third kappa shape index (κ3) is 4.34. The van der Waals surface area contributed by atoms with E-state index in [2.05, 4.69) is 23.7 Å². The Bertz CT molecular complexity index is 415. The molecule has 1 saturated carbocycles. The Morgan fingerprint density at radius 2 is 1.95 bits per heavy atom. The molecule has 0 N–H and O–H groups in total. The molecular weight excluding hydrogens is 279 g/mol. The number of halogens is 2. The lowest BCUT2D eigenvalue weighted by molar-refractivity contribution is 0.168. The van der Waals surface area contributed by atoms with Crippen molar-refractivity contribution < 1.29 is 0 Å². The summed E-state index contributed by atoms with van der Waals surface area (Å²) in [5.41, 5.74) is 1.08. The minimum Gasteiger partial charge on any atom is -0.296 e. The van der Waals surface area contributed by atoms with Crippen LogP contribution < -0.4 is 0 Å². The van der Waals surface area contributed by atoms with Gasteiger partial charge < -0.3 is 0 Å². The summed E-state index contributed by atoms with van der Waals surface area (Å²) in [6, 6.07) is 4.53. The highest BCUT2D eigenvalue weighted by Gasteiger charge is 2.23. The van der Waals surface area contributed by atoms with E-state index in [0.717, 1.165) is 18.7 Å². The Morgan fingerprint density at radius 3 is 2.53 bits per heavy atom. The van der Waals surface area contributed by atoms with Crippen LogP contribution in [0.4, 0.5) is 0 Å². The molecule has 0 spiro atoms.